The Hall–Kier alpha value is -1.86. The first kappa shape index (κ1) is 14.5. The van der Waals surface area contributed by atoms with E-state index in [1.165, 1.54) is 24.3 Å². The smallest absolute Gasteiger partial charge is 0.463 e. The SMILES string of the molecule is O=C(N1CCCOc2ccccc21)C(F)(F)C(F)(F)F. The van der Waals surface area contributed by atoms with Crippen LogP contribution in [0.25, 0.3) is 0 Å². The van der Waals surface area contributed by atoms with E-state index in [9.17, 15) is 26.7 Å². The van der Waals surface area contributed by atoms with Crippen molar-refractivity contribution in [3.05, 3.63) is 24.3 Å². The van der Waals surface area contributed by atoms with Gasteiger partial charge < -0.3 is 9.64 Å². The van der Waals surface area contributed by atoms with Crippen LogP contribution in [0.3, 0.4) is 0 Å². The number of alkyl halides is 5. The average Bonchev–Trinajstić information content (AvgIpc) is 2.58. The minimum Gasteiger partial charge on any atom is -0.491 e. The van der Waals surface area contributed by atoms with E-state index in [0.717, 1.165) is 0 Å². The third-order valence-corrected chi connectivity index (χ3v) is 2.81. The number of carbonyl (C=O) groups is 1. The first-order valence-electron chi connectivity index (χ1n) is 5.73. The molecule has 0 bridgehead atoms. The zero-order valence-electron chi connectivity index (χ0n) is 10.1. The number of ether oxygens (including phenoxy) is 1. The lowest BCUT2D eigenvalue weighted by molar-refractivity contribution is -0.268. The number of amides is 1. The highest BCUT2D eigenvalue weighted by Crippen LogP contribution is 2.40. The van der Waals surface area contributed by atoms with Gasteiger partial charge in [-0.05, 0) is 18.6 Å². The highest BCUT2D eigenvalue weighted by Gasteiger charge is 2.65. The van der Waals surface area contributed by atoms with Gasteiger partial charge in [0, 0.05) is 6.54 Å². The van der Waals surface area contributed by atoms with Crippen LogP contribution in [0, 0.1) is 0 Å². The Morgan fingerprint density at radius 1 is 1.15 bits per heavy atom. The highest BCUT2D eigenvalue weighted by atomic mass is 19.4. The van der Waals surface area contributed by atoms with Gasteiger partial charge in [-0.25, -0.2) is 0 Å². The van der Waals surface area contributed by atoms with Crippen molar-refractivity contribution in [1.29, 1.82) is 0 Å². The van der Waals surface area contributed by atoms with Gasteiger partial charge in [0.05, 0.1) is 12.3 Å². The standard InChI is InChI=1S/C12H10F5NO2/c13-11(14,12(15,16)17)10(19)18-6-3-7-20-9-5-2-1-4-8(9)18/h1-2,4-5H,3,6-7H2. The minimum absolute atomic E-state index is 0.0843. The van der Waals surface area contributed by atoms with Gasteiger partial charge in [0.2, 0.25) is 0 Å². The summed E-state index contributed by atoms with van der Waals surface area (Å²) < 4.78 is 68.4. The second-order valence-corrected chi connectivity index (χ2v) is 4.20. The summed E-state index contributed by atoms with van der Waals surface area (Å²) in [6.07, 6.45) is -5.76. The van der Waals surface area contributed by atoms with E-state index in [-0.39, 0.29) is 31.0 Å². The van der Waals surface area contributed by atoms with E-state index in [4.69, 9.17) is 4.74 Å². The van der Waals surface area contributed by atoms with Crippen LogP contribution in [0.15, 0.2) is 24.3 Å². The fourth-order valence-corrected chi connectivity index (χ4v) is 1.83. The monoisotopic (exact) mass is 295 g/mol. The summed E-state index contributed by atoms with van der Waals surface area (Å²) in [5, 5.41) is 0. The number of para-hydroxylation sites is 2. The van der Waals surface area contributed by atoms with Gasteiger partial charge in [-0.2, -0.15) is 22.0 Å². The van der Waals surface area contributed by atoms with Crippen LogP contribution in [0.4, 0.5) is 27.6 Å². The van der Waals surface area contributed by atoms with E-state index in [1.54, 1.807) is 0 Å². The van der Waals surface area contributed by atoms with Gasteiger partial charge >= 0.3 is 18.0 Å². The molecule has 0 atom stereocenters. The lowest BCUT2D eigenvalue weighted by Crippen LogP contribution is -2.52. The molecule has 110 valence electrons. The molecule has 1 aliphatic heterocycles. The van der Waals surface area contributed by atoms with Crippen molar-refractivity contribution in [2.24, 2.45) is 0 Å². The highest BCUT2D eigenvalue weighted by molar-refractivity contribution is 6.00. The summed E-state index contributed by atoms with van der Waals surface area (Å²) in [7, 11) is 0. The molecule has 0 unspecified atom stereocenters. The van der Waals surface area contributed by atoms with Crippen LogP contribution >= 0.6 is 0 Å². The summed E-state index contributed by atoms with van der Waals surface area (Å²) in [4.78, 5) is 12.0. The molecule has 8 heteroatoms. The van der Waals surface area contributed by atoms with E-state index in [2.05, 4.69) is 0 Å². The fourth-order valence-electron chi connectivity index (χ4n) is 1.83. The molecule has 20 heavy (non-hydrogen) atoms. The summed E-state index contributed by atoms with van der Waals surface area (Å²) in [6, 6.07) is 5.64. The maximum Gasteiger partial charge on any atom is 0.463 e. The maximum absolute atomic E-state index is 13.2. The molecular weight excluding hydrogens is 285 g/mol. The summed E-state index contributed by atoms with van der Waals surface area (Å²) >= 11 is 0. The molecule has 0 aromatic heterocycles. The molecule has 1 heterocycles. The molecule has 0 fully saturated rings. The lowest BCUT2D eigenvalue weighted by Gasteiger charge is -2.27. The van der Waals surface area contributed by atoms with Crippen molar-refractivity contribution in [2.45, 2.75) is 18.5 Å². The quantitative estimate of drug-likeness (QED) is 0.745. The van der Waals surface area contributed by atoms with Gasteiger partial charge in [-0.3, -0.25) is 4.79 Å². The zero-order valence-corrected chi connectivity index (χ0v) is 10.1. The Labute approximate surface area is 110 Å². The molecule has 0 N–H and O–H groups in total. The van der Waals surface area contributed by atoms with Gasteiger partial charge in [0.25, 0.3) is 0 Å². The third kappa shape index (κ3) is 2.41. The number of rotatable bonds is 1. The molecule has 1 aromatic carbocycles. The number of hydrogen-bond acceptors (Lipinski definition) is 2. The number of fused-ring (bicyclic) bond motifs is 1. The van der Waals surface area contributed by atoms with Crippen molar-refractivity contribution in [2.75, 3.05) is 18.1 Å². The number of nitrogens with zero attached hydrogens (tertiary/aromatic N) is 1. The van der Waals surface area contributed by atoms with Crippen LogP contribution < -0.4 is 9.64 Å². The van der Waals surface area contributed by atoms with E-state index in [0.29, 0.717) is 4.90 Å². The largest absolute Gasteiger partial charge is 0.491 e. The van der Waals surface area contributed by atoms with Gasteiger partial charge in [-0.1, -0.05) is 12.1 Å². The summed E-state index contributed by atoms with van der Waals surface area (Å²) in [5.41, 5.74) is -0.0843. The molecule has 1 aromatic rings. The molecule has 0 saturated heterocycles. The Morgan fingerprint density at radius 3 is 2.45 bits per heavy atom. The minimum atomic E-state index is -5.92. The predicted molar refractivity (Wildman–Crippen MR) is 59.9 cm³/mol. The third-order valence-electron chi connectivity index (χ3n) is 2.81. The number of anilines is 1. The Kier molecular flexibility index (Phi) is 3.58. The normalized spacial score (nSPS) is 16.1. The topological polar surface area (TPSA) is 29.5 Å². The predicted octanol–water partition coefficient (Wildman–Crippen LogP) is 3.00. The van der Waals surface area contributed by atoms with Crippen molar-refractivity contribution in [3.8, 4) is 5.75 Å². The first-order valence-corrected chi connectivity index (χ1v) is 5.73. The van der Waals surface area contributed by atoms with Crippen LogP contribution in [-0.2, 0) is 4.79 Å². The molecule has 3 nitrogen and oxygen atoms in total. The Bertz CT molecular complexity index is 515. The first-order chi connectivity index (χ1) is 9.25. The molecule has 0 saturated carbocycles. The van der Waals surface area contributed by atoms with Crippen molar-refractivity contribution in [3.63, 3.8) is 0 Å². The van der Waals surface area contributed by atoms with Crippen molar-refractivity contribution >= 4 is 11.6 Å². The van der Waals surface area contributed by atoms with Gasteiger partial charge in [-0.15, -0.1) is 0 Å². The Morgan fingerprint density at radius 2 is 1.80 bits per heavy atom. The second-order valence-electron chi connectivity index (χ2n) is 4.20. The average molecular weight is 295 g/mol. The van der Waals surface area contributed by atoms with Crippen molar-refractivity contribution in [1.82, 2.24) is 0 Å². The van der Waals surface area contributed by atoms with Crippen LogP contribution in [-0.4, -0.2) is 31.2 Å². The number of benzene rings is 1. The zero-order chi connectivity index (χ0) is 15.0. The maximum atomic E-state index is 13.2. The van der Waals surface area contributed by atoms with Crippen LogP contribution in [0.1, 0.15) is 6.42 Å². The molecule has 0 radical (unpaired) electrons. The molecular formula is C12H10F5NO2. The molecule has 2 rings (SSSR count). The molecule has 0 spiro atoms. The molecule has 1 amide bonds. The summed E-state index contributed by atoms with van der Waals surface area (Å²) in [6.45, 7) is -0.125. The number of halogens is 5. The van der Waals surface area contributed by atoms with E-state index in [1.807, 2.05) is 0 Å². The van der Waals surface area contributed by atoms with E-state index < -0.39 is 18.0 Å². The Balaban J connectivity index is 2.40. The van der Waals surface area contributed by atoms with E-state index >= 15 is 0 Å². The lowest BCUT2D eigenvalue weighted by atomic mass is 10.2. The fraction of sp³-hybridized carbons (Fsp3) is 0.417. The van der Waals surface area contributed by atoms with Gasteiger partial charge in [0.15, 0.2) is 0 Å². The van der Waals surface area contributed by atoms with Crippen LogP contribution in [0.2, 0.25) is 0 Å². The van der Waals surface area contributed by atoms with Crippen LogP contribution in [0.5, 0.6) is 5.75 Å². The number of hydrogen-bond donors (Lipinski definition) is 0. The van der Waals surface area contributed by atoms with Crippen molar-refractivity contribution < 1.29 is 31.5 Å². The molecule has 0 aliphatic carbocycles. The number of carbonyl (C=O) groups excluding carboxylic acids is 1. The molecule has 1 aliphatic rings. The second kappa shape index (κ2) is 4.92. The van der Waals surface area contributed by atoms with Gasteiger partial charge in [0.1, 0.15) is 5.75 Å². The summed E-state index contributed by atoms with van der Waals surface area (Å²) in [5.74, 6) is -7.61.